The smallest absolute Gasteiger partial charge is 0.320 e. The van der Waals surface area contributed by atoms with Gasteiger partial charge in [0.05, 0.1) is 0 Å². The fourth-order valence-electron chi connectivity index (χ4n) is 6.78. The molecule has 0 aliphatic heterocycles. The van der Waals surface area contributed by atoms with Crippen molar-refractivity contribution in [2.24, 2.45) is 5.73 Å². The number of carboxylic acid groups (broad SMARTS) is 1. The van der Waals surface area contributed by atoms with Gasteiger partial charge in [0.15, 0.2) is 0 Å². The average Bonchev–Trinajstić information content (AvgIpc) is 3.15. The van der Waals surface area contributed by atoms with Gasteiger partial charge >= 0.3 is 5.97 Å². The summed E-state index contributed by atoms with van der Waals surface area (Å²) in [6.07, 6.45) is -0.149. The summed E-state index contributed by atoms with van der Waals surface area (Å²) in [5.74, 6) is -1.63. The number of carbonyl (C=O) groups is 1. The van der Waals surface area contributed by atoms with E-state index >= 15 is 0 Å². The van der Waals surface area contributed by atoms with Crippen LogP contribution in [0, 0.1) is 0 Å². The van der Waals surface area contributed by atoms with E-state index in [1.807, 2.05) is 18.2 Å². The van der Waals surface area contributed by atoms with E-state index in [0.29, 0.717) is 28.0 Å². The molecule has 0 heterocycles. The highest BCUT2D eigenvalue weighted by Gasteiger charge is 2.29. The van der Waals surface area contributed by atoms with Crippen LogP contribution >= 0.6 is 0 Å². The first-order valence-corrected chi connectivity index (χ1v) is 19.6. The van der Waals surface area contributed by atoms with E-state index in [-0.39, 0.29) is 56.3 Å². The van der Waals surface area contributed by atoms with Crippen LogP contribution in [0.1, 0.15) is 5.56 Å². The number of rotatable bonds is 11. The van der Waals surface area contributed by atoms with Crippen LogP contribution in [0.15, 0.2) is 143 Å². The van der Waals surface area contributed by atoms with Crippen molar-refractivity contribution < 1.29 is 40.9 Å². The second-order valence-electron chi connectivity index (χ2n) is 12.8. The molecule has 0 saturated heterocycles. The molecule has 14 heteroatoms. The molecule has 0 bridgehead atoms. The third-order valence-electron chi connectivity index (χ3n) is 9.17. The number of carboxylic acids is 1. The number of phenolic OH excluding ortho intramolecular Hbond substituents is 1. The molecule has 8 N–H and O–H groups in total. The average molecular weight is 776 g/mol. The highest BCUT2D eigenvalue weighted by molar-refractivity contribution is 7.86. The Balaban J connectivity index is 1.56. The zero-order chi connectivity index (χ0) is 39.1. The number of para-hydroxylation sites is 2. The monoisotopic (exact) mass is 775 g/mol. The van der Waals surface area contributed by atoms with Gasteiger partial charge < -0.3 is 26.6 Å². The van der Waals surface area contributed by atoms with Gasteiger partial charge in [-0.1, -0.05) is 84.9 Å². The minimum absolute atomic E-state index is 0.0371. The molecule has 0 aliphatic rings. The van der Waals surface area contributed by atoms with Crippen molar-refractivity contribution in [3.63, 3.8) is 0 Å². The van der Waals surface area contributed by atoms with Crippen molar-refractivity contribution in [1.29, 1.82) is 0 Å². The zero-order valence-electron chi connectivity index (χ0n) is 28.7. The number of aromatic hydroxyl groups is 1. The summed E-state index contributed by atoms with van der Waals surface area (Å²) in [4.78, 5) is 10.4. The summed E-state index contributed by atoms with van der Waals surface area (Å²) in [6.45, 7) is 0. The number of nitrogens with two attached hydrogens (primary N) is 1. The molecule has 0 radical (unpaired) electrons. The van der Waals surface area contributed by atoms with Gasteiger partial charge in [0.2, 0.25) is 0 Å². The van der Waals surface area contributed by atoms with E-state index in [4.69, 9.17) is 5.73 Å². The molecule has 0 spiro atoms. The first-order valence-electron chi connectivity index (χ1n) is 16.8. The third-order valence-corrected chi connectivity index (χ3v) is 11.0. The molecule has 0 fully saturated rings. The second-order valence-corrected chi connectivity index (χ2v) is 15.5. The van der Waals surface area contributed by atoms with Crippen LogP contribution in [0.5, 0.6) is 5.75 Å². The first-order chi connectivity index (χ1) is 26.2. The summed E-state index contributed by atoms with van der Waals surface area (Å²) in [6, 6.07) is 34.9. The SMILES string of the molecule is N[C@@H](Cc1ccc(O)c(-c2ccc3c(-c4ccc5cccc(Nc6ccccc6)c5c4S(=O)(=O)O)ccc(Nc4ccccc4)c3c2S(=O)(=O)O)c1)C(=O)O. The van der Waals surface area contributed by atoms with E-state index in [2.05, 4.69) is 10.6 Å². The lowest BCUT2D eigenvalue weighted by Crippen LogP contribution is -2.32. The molecule has 0 saturated carbocycles. The Hall–Kier alpha value is -6.29. The largest absolute Gasteiger partial charge is 0.507 e. The first kappa shape index (κ1) is 37.0. The number of phenols is 1. The van der Waals surface area contributed by atoms with Gasteiger partial charge in [-0.3, -0.25) is 13.9 Å². The summed E-state index contributed by atoms with van der Waals surface area (Å²) in [7, 11) is -10.1. The minimum Gasteiger partial charge on any atom is -0.507 e. The van der Waals surface area contributed by atoms with Gasteiger partial charge in [-0.15, -0.1) is 0 Å². The van der Waals surface area contributed by atoms with E-state index in [1.165, 1.54) is 42.5 Å². The lowest BCUT2D eigenvalue weighted by Gasteiger charge is -2.21. The Morgan fingerprint density at radius 2 is 1.15 bits per heavy atom. The van der Waals surface area contributed by atoms with Gasteiger partial charge in [0.1, 0.15) is 21.6 Å². The van der Waals surface area contributed by atoms with Crippen molar-refractivity contribution in [1.82, 2.24) is 0 Å². The molecule has 7 aromatic rings. The molecule has 55 heavy (non-hydrogen) atoms. The molecule has 278 valence electrons. The molecule has 0 amide bonds. The Kier molecular flexibility index (Phi) is 9.77. The number of anilines is 4. The second kappa shape index (κ2) is 14.5. The maximum Gasteiger partial charge on any atom is 0.320 e. The third kappa shape index (κ3) is 7.45. The number of benzene rings is 7. The van der Waals surface area contributed by atoms with Crippen molar-refractivity contribution in [3.05, 3.63) is 139 Å². The highest BCUT2D eigenvalue weighted by atomic mass is 32.2. The van der Waals surface area contributed by atoms with Gasteiger partial charge in [0, 0.05) is 50.2 Å². The molecule has 7 aromatic carbocycles. The van der Waals surface area contributed by atoms with Gasteiger partial charge in [-0.05, 0) is 76.9 Å². The quantitative estimate of drug-likeness (QED) is 0.0623. The van der Waals surface area contributed by atoms with Crippen molar-refractivity contribution in [2.75, 3.05) is 10.6 Å². The summed E-state index contributed by atoms with van der Waals surface area (Å²) >= 11 is 0. The molecule has 0 unspecified atom stereocenters. The number of nitrogens with one attached hydrogen (secondary N) is 2. The number of hydrogen-bond acceptors (Lipinski definition) is 9. The summed E-state index contributed by atoms with van der Waals surface area (Å²) in [5.41, 5.74) is 7.99. The fourth-order valence-corrected chi connectivity index (χ4v) is 8.66. The Bertz CT molecular complexity index is 2850. The van der Waals surface area contributed by atoms with Crippen molar-refractivity contribution in [2.45, 2.75) is 22.3 Å². The molecule has 7 rings (SSSR count). The predicted molar refractivity (Wildman–Crippen MR) is 212 cm³/mol. The van der Waals surface area contributed by atoms with Crippen molar-refractivity contribution in [3.8, 4) is 28.0 Å². The van der Waals surface area contributed by atoms with Crippen molar-refractivity contribution >= 4 is 70.5 Å². The fraction of sp³-hybridized carbons (Fsp3) is 0.0488. The van der Waals surface area contributed by atoms with Crippen LogP contribution in [-0.2, 0) is 31.5 Å². The Morgan fingerprint density at radius 1 is 0.600 bits per heavy atom. The zero-order valence-corrected chi connectivity index (χ0v) is 30.3. The van der Waals surface area contributed by atoms with E-state index in [0.717, 1.165) is 0 Å². The van der Waals surface area contributed by atoms with E-state index in [9.17, 15) is 40.9 Å². The van der Waals surface area contributed by atoms with Gasteiger partial charge in [0.25, 0.3) is 20.2 Å². The predicted octanol–water partition coefficient (Wildman–Crippen LogP) is 7.97. The lowest BCUT2D eigenvalue weighted by molar-refractivity contribution is -0.138. The Morgan fingerprint density at radius 3 is 1.75 bits per heavy atom. The van der Waals surface area contributed by atoms with Crippen LogP contribution in [0.3, 0.4) is 0 Å². The maximum absolute atomic E-state index is 13.6. The number of aliphatic carboxylic acids is 1. The molecule has 12 nitrogen and oxygen atoms in total. The molecular weight excluding hydrogens is 743 g/mol. The summed E-state index contributed by atoms with van der Waals surface area (Å²) in [5, 5.41) is 27.6. The standard InChI is InChI=1S/C41H33N3O9S2/c42-33(41(46)47)23-24-14-21-36(45)32(22-24)31-18-17-29-28(19-20-35(38(29)40(31)55(51,52)53)44-27-11-5-2-6-12-27)30-16-15-25-8-7-13-34(37(25)39(30)54(48,49)50)43-26-9-3-1-4-10-26/h1-22,33,43-45H,23,42H2,(H,46,47)(H,48,49,50)(H,51,52,53)/t33-/m0/s1. The minimum atomic E-state index is -5.15. The van der Waals surface area contributed by atoms with Crippen LogP contribution in [0.2, 0.25) is 0 Å². The van der Waals surface area contributed by atoms with Crippen LogP contribution < -0.4 is 16.4 Å². The van der Waals surface area contributed by atoms with Crippen LogP contribution in [0.25, 0.3) is 43.8 Å². The molecular formula is C41H33N3O9S2. The Labute approximate surface area is 316 Å². The topological polar surface area (TPSA) is 216 Å². The van der Waals surface area contributed by atoms with Gasteiger partial charge in [-0.25, -0.2) is 0 Å². The molecule has 0 aromatic heterocycles. The van der Waals surface area contributed by atoms with E-state index in [1.54, 1.807) is 72.8 Å². The normalized spacial score (nSPS) is 12.4. The van der Waals surface area contributed by atoms with Gasteiger partial charge in [-0.2, -0.15) is 16.8 Å². The van der Waals surface area contributed by atoms with Crippen LogP contribution in [-0.4, -0.2) is 48.2 Å². The van der Waals surface area contributed by atoms with E-state index < -0.39 is 42.0 Å². The highest BCUT2D eigenvalue weighted by Crippen LogP contribution is 2.47. The number of fused-ring (bicyclic) bond motifs is 2. The summed E-state index contributed by atoms with van der Waals surface area (Å²) < 4.78 is 75.9. The molecule has 0 aliphatic carbocycles. The van der Waals surface area contributed by atoms with Crippen LogP contribution in [0.4, 0.5) is 22.7 Å². The molecule has 1 atom stereocenters. The lowest BCUT2D eigenvalue weighted by atomic mass is 9.91. The maximum atomic E-state index is 13.6. The number of hydrogen-bond donors (Lipinski definition) is 7.